The first kappa shape index (κ1) is 23.3. The standard InChI is InChI=1S/C24H24F3N5O2/c1-17-15-22(34-16-21(33)29-20-10-6-5-9-19(20)24(25,26)27)30-23(28-17)32-13-11-31(12-14-32)18-7-3-2-4-8-18/h2-10,15H,11-14,16H2,1H3,(H,29,33). The first-order valence-electron chi connectivity index (χ1n) is 10.8. The summed E-state index contributed by atoms with van der Waals surface area (Å²) in [5.74, 6) is -0.0382. The predicted octanol–water partition coefficient (Wildman–Crippen LogP) is 4.15. The number of aromatic nitrogens is 2. The third kappa shape index (κ3) is 5.75. The van der Waals surface area contributed by atoms with Crippen LogP contribution in [0, 0.1) is 6.92 Å². The average molecular weight is 471 g/mol. The van der Waals surface area contributed by atoms with Gasteiger partial charge in [0, 0.05) is 43.6 Å². The Morgan fingerprint density at radius 1 is 0.971 bits per heavy atom. The molecule has 1 saturated heterocycles. The molecule has 0 atom stereocenters. The SMILES string of the molecule is Cc1cc(OCC(=O)Nc2ccccc2C(F)(F)F)nc(N2CCN(c3ccccc3)CC2)n1. The number of para-hydroxylation sites is 2. The number of nitrogens with zero attached hydrogens (tertiary/aromatic N) is 4. The molecule has 1 fully saturated rings. The summed E-state index contributed by atoms with van der Waals surface area (Å²) in [7, 11) is 0. The lowest BCUT2D eigenvalue weighted by Crippen LogP contribution is -2.47. The Morgan fingerprint density at radius 2 is 1.62 bits per heavy atom. The number of alkyl halides is 3. The van der Waals surface area contributed by atoms with Gasteiger partial charge in [-0.1, -0.05) is 30.3 Å². The molecule has 7 nitrogen and oxygen atoms in total. The Morgan fingerprint density at radius 3 is 2.32 bits per heavy atom. The van der Waals surface area contributed by atoms with E-state index < -0.39 is 24.3 Å². The molecule has 1 aliphatic rings. The summed E-state index contributed by atoms with van der Waals surface area (Å²) in [6.07, 6.45) is -4.58. The van der Waals surface area contributed by atoms with Gasteiger partial charge in [-0.15, -0.1) is 0 Å². The number of carbonyl (C=O) groups excluding carboxylic acids is 1. The van der Waals surface area contributed by atoms with Crippen molar-refractivity contribution in [1.82, 2.24) is 9.97 Å². The van der Waals surface area contributed by atoms with Crippen molar-refractivity contribution in [2.45, 2.75) is 13.1 Å². The highest BCUT2D eigenvalue weighted by atomic mass is 19.4. The van der Waals surface area contributed by atoms with Crippen molar-refractivity contribution in [2.75, 3.05) is 47.9 Å². The van der Waals surface area contributed by atoms with Crippen molar-refractivity contribution in [3.05, 3.63) is 71.9 Å². The van der Waals surface area contributed by atoms with Crippen LogP contribution in [0.15, 0.2) is 60.7 Å². The maximum absolute atomic E-state index is 13.1. The first-order chi connectivity index (χ1) is 16.3. The van der Waals surface area contributed by atoms with E-state index >= 15 is 0 Å². The topological polar surface area (TPSA) is 70.6 Å². The lowest BCUT2D eigenvalue weighted by molar-refractivity contribution is -0.137. The zero-order chi connectivity index (χ0) is 24.1. The molecule has 2 heterocycles. The molecule has 0 aliphatic carbocycles. The van der Waals surface area contributed by atoms with Crippen LogP contribution in [-0.2, 0) is 11.0 Å². The van der Waals surface area contributed by atoms with Gasteiger partial charge in [-0.05, 0) is 31.2 Å². The number of rotatable bonds is 6. The highest BCUT2D eigenvalue weighted by Gasteiger charge is 2.33. The monoisotopic (exact) mass is 471 g/mol. The quantitative estimate of drug-likeness (QED) is 0.583. The Bertz CT molecular complexity index is 1130. The Hall–Kier alpha value is -3.82. The van der Waals surface area contributed by atoms with E-state index in [4.69, 9.17) is 4.74 Å². The van der Waals surface area contributed by atoms with E-state index in [-0.39, 0.29) is 11.6 Å². The van der Waals surface area contributed by atoms with E-state index in [0.29, 0.717) is 24.7 Å². The van der Waals surface area contributed by atoms with Gasteiger partial charge < -0.3 is 19.9 Å². The number of piperazine rings is 1. The molecule has 1 N–H and O–H groups in total. The van der Waals surface area contributed by atoms with Gasteiger partial charge in [0.05, 0.1) is 11.3 Å². The van der Waals surface area contributed by atoms with E-state index in [2.05, 4.69) is 32.3 Å². The summed E-state index contributed by atoms with van der Waals surface area (Å²) in [5, 5.41) is 2.26. The third-order valence-corrected chi connectivity index (χ3v) is 5.36. The van der Waals surface area contributed by atoms with Crippen molar-refractivity contribution in [3.8, 4) is 5.88 Å². The number of nitrogens with one attached hydrogen (secondary N) is 1. The summed E-state index contributed by atoms with van der Waals surface area (Å²) in [6.45, 7) is 4.35. The van der Waals surface area contributed by atoms with Gasteiger partial charge in [-0.2, -0.15) is 18.2 Å². The molecule has 3 aromatic rings. The minimum atomic E-state index is -4.58. The molecule has 0 unspecified atom stereocenters. The lowest BCUT2D eigenvalue weighted by Gasteiger charge is -2.36. The molecule has 34 heavy (non-hydrogen) atoms. The van der Waals surface area contributed by atoms with Crippen LogP contribution in [0.4, 0.5) is 30.5 Å². The van der Waals surface area contributed by atoms with Crippen LogP contribution in [0.3, 0.4) is 0 Å². The fourth-order valence-electron chi connectivity index (χ4n) is 3.71. The number of ether oxygens (including phenoxy) is 1. The highest BCUT2D eigenvalue weighted by molar-refractivity contribution is 5.92. The van der Waals surface area contributed by atoms with Crippen molar-refractivity contribution in [2.24, 2.45) is 0 Å². The van der Waals surface area contributed by atoms with E-state index in [9.17, 15) is 18.0 Å². The number of aryl methyl sites for hydroxylation is 1. The molecule has 10 heteroatoms. The molecule has 4 rings (SSSR count). The van der Waals surface area contributed by atoms with Crippen LogP contribution in [0.5, 0.6) is 5.88 Å². The van der Waals surface area contributed by atoms with Crippen molar-refractivity contribution < 1.29 is 22.7 Å². The molecule has 1 aliphatic heterocycles. The van der Waals surface area contributed by atoms with Crippen LogP contribution in [0.1, 0.15) is 11.3 Å². The molecule has 0 bridgehead atoms. The molecule has 0 saturated carbocycles. The number of benzene rings is 2. The van der Waals surface area contributed by atoms with Gasteiger partial charge in [-0.25, -0.2) is 4.98 Å². The maximum Gasteiger partial charge on any atom is 0.418 e. The van der Waals surface area contributed by atoms with Gasteiger partial charge in [-0.3, -0.25) is 4.79 Å². The van der Waals surface area contributed by atoms with E-state index in [0.717, 1.165) is 24.8 Å². The third-order valence-electron chi connectivity index (χ3n) is 5.36. The molecule has 0 radical (unpaired) electrons. The lowest BCUT2D eigenvalue weighted by atomic mass is 10.1. The smallest absolute Gasteiger partial charge is 0.418 e. The van der Waals surface area contributed by atoms with Gasteiger partial charge in [0.1, 0.15) is 0 Å². The van der Waals surface area contributed by atoms with Gasteiger partial charge in [0.25, 0.3) is 5.91 Å². The first-order valence-corrected chi connectivity index (χ1v) is 10.8. The van der Waals surface area contributed by atoms with Crippen LogP contribution in [0.25, 0.3) is 0 Å². The van der Waals surface area contributed by atoms with Gasteiger partial charge >= 0.3 is 6.18 Å². The second kappa shape index (κ2) is 9.98. The van der Waals surface area contributed by atoms with Gasteiger partial charge in [0.2, 0.25) is 11.8 Å². The fraction of sp³-hybridized carbons (Fsp3) is 0.292. The second-order valence-electron chi connectivity index (χ2n) is 7.84. The van der Waals surface area contributed by atoms with Crippen molar-refractivity contribution >= 4 is 23.2 Å². The second-order valence-corrected chi connectivity index (χ2v) is 7.84. The van der Waals surface area contributed by atoms with Crippen molar-refractivity contribution in [3.63, 3.8) is 0 Å². The summed E-state index contributed by atoms with van der Waals surface area (Å²) < 4.78 is 44.9. The minimum Gasteiger partial charge on any atom is -0.467 e. The predicted molar refractivity (Wildman–Crippen MR) is 123 cm³/mol. The Balaban J connectivity index is 1.36. The molecule has 1 aromatic heterocycles. The molecule has 178 valence electrons. The molecule has 2 aromatic carbocycles. The summed E-state index contributed by atoms with van der Waals surface area (Å²) in [4.78, 5) is 25.5. The highest BCUT2D eigenvalue weighted by Crippen LogP contribution is 2.34. The maximum atomic E-state index is 13.1. The largest absolute Gasteiger partial charge is 0.467 e. The Kier molecular flexibility index (Phi) is 6.85. The van der Waals surface area contributed by atoms with E-state index in [1.165, 1.54) is 18.2 Å². The van der Waals surface area contributed by atoms with Crippen LogP contribution < -0.4 is 19.9 Å². The average Bonchev–Trinajstić information content (AvgIpc) is 2.83. The zero-order valence-electron chi connectivity index (χ0n) is 18.5. The van der Waals surface area contributed by atoms with Gasteiger partial charge in [0.15, 0.2) is 6.61 Å². The van der Waals surface area contributed by atoms with Crippen LogP contribution >= 0.6 is 0 Å². The van der Waals surface area contributed by atoms with Crippen LogP contribution in [-0.4, -0.2) is 48.7 Å². The molecule has 1 amide bonds. The normalized spacial score (nSPS) is 14.1. The van der Waals surface area contributed by atoms with Crippen LogP contribution in [0.2, 0.25) is 0 Å². The number of anilines is 3. The number of amides is 1. The number of hydrogen-bond acceptors (Lipinski definition) is 6. The summed E-state index contributed by atoms with van der Waals surface area (Å²) >= 11 is 0. The number of hydrogen-bond donors (Lipinski definition) is 1. The summed E-state index contributed by atoms with van der Waals surface area (Å²) in [6, 6.07) is 16.5. The number of halogens is 3. The molecule has 0 spiro atoms. The van der Waals surface area contributed by atoms with E-state index in [1.807, 2.05) is 23.1 Å². The molecular formula is C24H24F3N5O2. The summed E-state index contributed by atoms with van der Waals surface area (Å²) in [5.41, 5.74) is 0.584. The van der Waals surface area contributed by atoms with Crippen molar-refractivity contribution in [1.29, 1.82) is 0 Å². The fourth-order valence-corrected chi connectivity index (χ4v) is 3.71. The zero-order valence-corrected chi connectivity index (χ0v) is 18.5. The number of carbonyl (C=O) groups is 1. The van der Waals surface area contributed by atoms with E-state index in [1.54, 1.807) is 13.0 Å². The molecular weight excluding hydrogens is 447 g/mol. The minimum absolute atomic E-state index is 0.187. The Labute approximate surface area is 195 Å².